The number of primary amides is 1. The van der Waals surface area contributed by atoms with Crippen molar-refractivity contribution in [3.8, 4) is 11.5 Å². The normalized spacial score (nSPS) is 13.6. The zero-order valence-electron chi connectivity index (χ0n) is 18.6. The van der Waals surface area contributed by atoms with E-state index in [-0.39, 0.29) is 11.3 Å². The number of hydrogen-bond donors (Lipinski definition) is 1. The van der Waals surface area contributed by atoms with E-state index < -0.39 is 20.5 Å². The highest BCUT2D eigenvalue weighted by atomic mass is 32.2. The molecule has 0 radical (unpaired) electrons. The van der Waals surface area contributed by atoms with E-state index in [9.17, 15) is 13.2 Å². The third-order valence-electron chi connectivity index (χ3n) is 5.52. The number of nitrogens with zero attached hydrogens (tertiary/aromatic N) is 1. The number of carbonyl (C=O) groups is 1. The predicted octanol–water partition coefficient (Wildman–Crippen LogP) is 2.68. The summed E-state index contributed by atoms with van der Waals surface area (Å²) >= 11 is 0. The van der Waals surface area contributed by atoms with Crippen LogP contribution in [-0.2, 0) is 21.1 Å². The van der Waals surface area contributed by atoms with Crippen LogP contribution in [0.15, 0.2) is 53.4 Å². The van der Waals surface area contributed by atoms with E-state index in [0.717, 1.165) is 19.6 Å². The maximum absolute atomic E-state index is 13.3. The van der Waals surface area contributed by atoms with Gasteiger partial charge < -0.3 is 20.1 Å². The summed E-state index contributed by atoms with van der Waals surface area (Å²) in [6.45, 7) is 8.90. The Labute approximate surface area is 185 Å². The molecule has 0 fully saturated rings. The van der Waals surface area contributed by atoms with Gasteiger partial charge in [0.25, 0.3) is 0 Å². The summed E-state index contributed by atoms with van der Waals surface area (Å²) in [7, 11) is -2.54. The van der Waals surface area contributed by atoms with Crippen molar-refractivity contribution in [3.05, 3.63) is 54.1 Å². The summed E-state index contributed by atoms with van der Waals surface area (Å²) in [4.78, 5) is 14.6. The van der Waals surface area contributed by atoms with Crippen LogP contribution in [0.3, 0.4) is 0 Å². The van der Waals surface area contributed by atoms with Gasteiger partial charge in [-0.3, -0.25) is 4.79 Å². The van der Waals surface area contributed by atoms with E-state index in [1.807, 2.05) is 0 Å². The summed E-state index contributed by atoms with van der Waals surface area (Å²) in [5.74, 6) is 0.314. The second-order valence-corrected chi connectivity index (χ2v) is 9.85. The Balaban J connectivity index is 2.17. The standard InChI is InChI=1S/C23H32N2O5S/c1-5-25(6-2)15-16-30-20-9-7-18(8-10-20)17-23(3,22(24)26)31(27,28)21-13-11-19(29-4)12-14-21/h7-14H,5-6,15-17H2,1-4H3,(H2,24,26). The number of benzene rings is 2. The topological polar surface area (TPSA) is 98.9 Å². The van der Waals surface area contributed by atoms with Gasteiger partial charge in [-0.25, -0.2) is 8.42 Å². The number of hydrogen-bond acceptors (Lipinski definition) is 6. The second-order valence-electron chi connectivity index (χ2n) is 7.47. The predicted molar refractivity (Wildman–Crippen MR) is 121 cm³/mol. The maximum Gasteiger partial charge on any atom is 0.239 e. The Morgan fingerprint density at radius 1 is 1.00 bits per heavy atom. The summed E-state index contributed by atoms with van der Waals surface area (Å²) in [5, 5.41) is 0. The molecule has 0 aliphatic carbocycles. The van der Waals surface area contributed by atoms with Crippen molar-refractivity contribution in [2.75, 3.05) is 33.4 Å². The van der Waals surface area contributed by atoms with Gasteiger partial charge in [0.15, 0.2) is 14.6 Å². The molecule has 2 aromatic rings. The van der Waals surface area contributed by atoms with Crippen molar-refractivity contribution in [1.82, 2.24) is 4.90 Å². The van der Waals surface area contributed by atoms with Crippen molar-refractivity contribution in [1.29, 1.82) is 0 Å². The quantitative estimate of drug-likeness (QED) is 0.536. The third-order valence-corrected chi connectivity index (χ3v) is 7.94. The van der Waals surface area contributed by atoms with Gasteiger partial charge in [0.1, 0.15) is 18.1 Å². The number of amides is 1. The van der Waals surface area contributed by atoms with Crippen LogP contribution in [0.5, 0.6) is 11.5 Å². The average molecular weight is 449 g/mol. The molecule has 170 valence electrons. The number of nitrogens with two attached hydrogens (primary N) is 1. The molecule has 0 saturated carbocycles. The lowest BCUT2D eigenvalue weighted by Crippen LogP contribution is -2.49. The van der Waals surface area contributed by atoms with Gasteiger partial charge in [-0.2, -0.15) is 0 Å². The van der Waals surface area contributed by atoms with Crippen LogP contribution in [0, 0.1) is 0 Å². The Morgan fingerprint density at radius 2 is 1.55 bits per heavy atom. The monoisotopic (exact) mass is 448 g/mol. The van der Waals surface area contributed by atoms with Crippen molar-refractivity contribution < 1.29 is 22.7 Å². The first-order valence-electron chi connectivity index (χ1n) is 10.3. The first-order chi connectivity index (χ1) is 14.7. The van der Waals surface area contributed by atoms with Crippen LogP contribution >= 0.6 is 0 Å². The minimum Gasteiger partial charge on any atom is -0.497 e. The molecule has 2 aromatic carbocycles. The van der Waals surface area contributed by atoms with E-state index >= 15 is 0 Å². The Hall–Kier alpha value is -2.58. The van der Waals surface area contributed by atoms with Crippen LogP contribution in [0.25, 0.3) is 0 Å². The number of methoxy groups -OCH3 is 1. The largest absolute Gasteiger partial charge is 0.497 e. The zero-order chi connectivity index (χ0) is 23.1. The molecule has 1 unspecified atom stereocenters. The Kier molecular flexibility index (Phi) is 8.47. The van der Waals surface area contributed by atoms with Gasteiger partial charge in [-0.05, 0) is 62.0 Å². The highest BCUT2D eigenvalue weighted by Gasteiger charge is 2.46. The molecule has 7 nitrogen and oxygen atoms in total. The molecule has 0 bridgehead atoms. The van der Waals surface area contributed by atoms with E-state index in [1.54, 1.807) is 36.4 Å². The fraction of sp³-hybridized carbons (Fsp3) is 0.435. The van der Waals surface area contributed by atoms with Gasteiger partial charge in [-0.15, -0.1) is 0 Å². The minimum absolute atomic E-state index is 0.0194. The number of carbonyl (C=O) groups excluding carboxylic acids is 1. The van der Waals surface area contributed by atoms with Crippen LogP contribution in [-0.4, -0.2) is 57.3 Å². The summed E-state index contributed by atoms with van der Waals surface area (Å²) in [5.41, 5.74) is 6.25. The molecule has 0 aromatic heterocycles. The number of likely N-dealkylation sites (N-methyl/N-ethyl adjacent to an activating group) is 1. The highest BCUT2D eigenvalue weighted by Crippen LogP contribution is 2.31. The maximum atomic E-state index is 13.3. The molecule has 0 saturated heterocycles. The molecule has 0 spiro atoms. The van der Waals surface area contributed by atoms with Crippen LogP contribution < -0.4 is 15.2 Å². The summed E-state index contributed by atoms with van der Waals surface area (Å²) < 4.78 is 35.6. The van der Waals surface area contributed by atoms with Crippen molar-refractivity contribution >= 4 is 15.7 Å². The fourth-order valence-electron chi connectivity index (χ4n) is 3.26. The first-order valence-corrected chi connectivity index (χ1v) is 11.8. The first kappa shape index (κ1) is 24.7. The lowest BCUT2D eigenvalue weighted by atomic mass is 9.99. The van der Waals surface area contributed by atoms with Crippen molar-refractivity contribution in [3.63, 3.8) is 0 Å². The molecule has 1 atom stereocenters. The third kappa shape index (κ3) is 5.77. The number of rotatable bonds is 12. The lowest BCUT2D eigenvalue weighted by molar-refractivity contribution is -0.120. The van der Waals surface area contributed by atoms with Gasteiger partial charge in [0.05, 0.1) is 12.0 Å². The van der Waals surface area contributed by atoms with Gasteiger partial charge in [0.2, 0.25) is 5.91 Å². The zero-order valence-corrected chi connectivity index (χ0v) is 19.4. The number of sulfone groups is 1. The molecule has 2 N–H and O–H groups in total. The van der Waals surface area contributed by atoms with Crippen LogP contribution in [0.2, 0.25) is 0 Å². The molecule has 0 aliphatic heterocycles. The van der Waals surface area contributed by atoms with Gasteiger partial charge in [0, 0.05) is 13.0 Å². The molecule has 31 heavy (non-hydrogen) atoms. The smallest absolute Gasteiger partial charge is 0.239 e. The van der Waals surface area contributed by atoms with Crippen molar-refractivity contribution in [2.45, 2.75) is 36.8 Å². The van der Waals surface area contributed by atoms with Crippen LogP contribution in [0.4, 0.5) is 0 Å². The molecule has 1 amide bonds. The average Bonchev–Trinajstić information content (AvgIpc) is 2.77. The van der Waals surface area contributed by atoms with E-state index in [2.05, 4.69) is 18.7 Å². The Bertz CT molecular complexity index is 954. The van der Waals surface area contributed by atoms with Crippen molar-refractivity contribution in [2.24, 2.45) is 5.73 Å². The molecular formula is C23H32N2O5S. The summed E-state index contributed by atoms with van der Waals surface area (Å²) in [6, 6.07) is 13.0. The molecule has 8 heteroatoms. The highest BCUT2D eigenvalue weighted by molar-refractivity contribution is 7.93. The number of ether oxygens (including phenoxy) is 2. The van der Waals surface area contributed by atoms with Crippen LogP contribution in [0.1, 0.15) is 26.3 Å². The van der Waals surface area contributed by atoms with Gasteiger partial charge in [-0.1, -0.05) is 26.0 Å². The molecule has 2 rings (SSSR count). The SMILES string of the molecule is CCN(CC)CCOc1ccc(CC(C)(C(N)=O)S(=O)(=O)c2ccc(OC)cc2)cc1. The Morgan fingerprint density at radius 3 is 2.03 bits per heavy atom. The van der Waals surface area contributed by atoms with E-state index in [0.29, 0.717) is 23.7 Å². The lowest BCUT2D eigenvalue weighted by Gasteiger charge is -2.26. The van der Waals surface area contributed by atoms with E-state index in [4.69, 9.17) is 15.2 Å². The molecule has 0 aliphatic rings. The fourth-order valence-corrected chi connectivity index (χ4v) is 4.89. The van der Waals surface area contributed by atoms with Gasteiger partial charge >= 0.3 is 0 Å². The van der Waals surface area contributed by atoms with E-state index in [1.165, 1.54) is 26.2 Å². The molecule has 0 heterocycles. The summed E-state index contributed by atoms with van der Waals surface area (Å²) in [6.07, 6.45) is -0.0452. The molecular weight excluding hydrogens is 416 g/mol. The minimum atomic E-state index is -4.03. The second kappa shape index (κ2) is 10.6.